The molecule has 0 saturated carbocycles. The van der Waals surface area contributed by atoms with Crippen molar-refractivity contribution in [1.82, 2.24) is 14.7 Å². The van der Waals surface area contributed by atoms with Crippen molar-refractivity contribution in [3.05, 3.63) is 0 Å². The molecule has 0 aromatic heterocycles. The molecule has 0 N–H and O–H groups in total. The Morgan fingerprint density at radius 3 is 2.71 bits per heavy atom. The maximum atomic E-state index is 11.9. The van der Waals surface area contributed by atoms with E-state index in [-0.39, 0.29) is 30.3 Å². The fourth-order valence-electron chi connectivity index (χ4n) is 2.25. The van der Waals surface area contributed by atoms with Gasteiger partial charge in [-0.1, -0.05) is 0 Å². The minimum atomic E-state index is -0.525. The van der Waals surface area contributed by atoms with E-state index in [2.05, 4.69) is 0 Å². The van der Waals surface area contributed by atoms with E-state index in [4.69, 9.17) is 11.6 Å². The predicted molar refractivity (Wildman–Crippen MR) is 60.6 cm³/mol. The molecule has 17 heavy (non-hydrogen) atoms. The summed E-state index contributed by atoms with van der Waals surface area (Å²) in [5.41, 5.74) is 0. The van der Waals surface area contributed by atoms with Crippen LogP contribution in [0.1, 0.15) is 6.92 Å². The van der Waals surface area contributed by atoms with Crippen LogP contribution >= 0.6 is 11.6 Å². The van der Waals surface area contributed by atoms with Crippen molar-refractivity contribution < 1.29 is 14.4 Å². The van der Waals surface area contributed by atoms with Crippen molar-refractivity contribution >= 4 is 29.4 Å². The second-order valence-electron chi connectivity index (χ2n) is 4.05. The molecule has 2 aliphatic heterocycles. The quantitative estimate of drug-likeness (QED) is 0.506. The van der Waals surface area contributed by atoms with E-state index < -0.39 is 6.04 Å². The van der Waals surface area contributed by atoms with Crippen LogP contribution in [-0.4, -0.2) is 70.6 Å². The Morgan fingerprint density at radius 1 is 1.41 bits per heavy atom. The number of nitrogens with zero attached hydrogens (tertiary/aromatic N) is 3. The highest BCUT2D eigenvalue weighted by Crippen LogP contribution is 2.21. The molecule has 1 unspecified atom stereocenters. The average molecular weight is 260 g/mol. The molecule has 0 aromatic carbocycles. The minimum absolute atomic E-state index is 0.0909. The van der Waals surface area contributed by atoms with Gasteiger partial charge in [0.1, 0.15) is 11.9 Å². The molecular weight excluding hydrogens is 246 g/mol. The summed E-state index contributed by atoms with van der Waals surface area (Å²) in [5, 5.41) is 0. The number of piperazine rings is 1. The molecule has 94 valence electrons. The van der Waals surface area contributed by atoms with Crippen LogP contribution in [0.3, 0.4) is 0 Å². The number of rotatable bonds is 2. The maximum absolute atomic E-state index is 11.9. The SMILES string of the molecule is CCN1C(=O)C2CN(C(=O)CCl)CCN2C1=O. The number of carbonyl (C=O) groups excluding carboxylic acids is 3. The summed E-state index contributed by atoms with van der Waals surface area (Å²) < 4.78 is 0. The van der Waals surface area contributed by atoms with Gasteiger partial charge in [0.25, 0.3) is 5.91 Å². The zero-order valence-corrected chi connectivity index (χ0v) is 10.3. The summed E-state index contributed by atoms with van der Waals surface area (Å²) >= 11 is 5.48. The molecule has 6 nitrogen and oxygen atoms in total. The van der Waals surface area contributed by atoms with Crippen LogP contribution in [0, 0.1) is 0 Å². The van der Waals surface area contributed by atoms with Gasteiger partial charge in [0, 0.05) is 19.6 Å². The number of imide groups is 1. The highest BCUT2D eigenvalue weighted by Gasteiger charge is 2.47. The molecule has 0 spiro atoms. The van der Waals surface area contributed by atoms with Crippen LogP contribution in [0.4, 0.5) is 4.79 Å². The van der Waals surface area contributed by atoms with E-state index in [0.717, 1.165) is 0 Å². The Labute approximate surface area is 104 Å². The summed E-state index contributed by atoms with van der Waals surface area (Å²) in [6.07, 6.45) is 0. The molecule has 2 rings (SSSR count). The van der Waals surface area contributed by atoms with Gasteiger partial charge < -0.3 is 9.80 Å². The Kier molecular flexibility index (Phi) is 3.24. The predicted octanol–water partition coefficient (Wildman–Crippen LogP) is -0.280. The molecule has 4 amide bonds. The van der Waals surface area contributed by atoms with Crippen LogP contribution in [0.2, 0.25) is 0 Å². The highest BCUT2D eigenvalue weighted by molar-refractivity contribution is 6.27. The van der Waals surface area contributed by atoms with Crippen LogP contribution in [0.5, 0.6) is 0 Å². The first kappa shape index (κ1) is 12.2. The van der Waals surface area contributed by atoms with Crippen molar-refractivity contribution in [2.45, 2.75) is 13.0 Å². The first-order valence-electron chi connectivity index (χ1n) is 5.55. The third kappa shape index (κ3) is 1.86. The number of hydrogen-bond acceptors (Lipinski definition) is 3. The van der Waals surface area contributed by atoms with Crippen molar-refractivity contribution in [1.29, 1.82) is 0 Å². The van der Waals surface area contributed by atoms with Crippen molar-refractivity contribution in [2.75, 3.05) is 32.1 Å². The largest absolute Gasteiger partial charge is 0.337 e. The lowest BCUT2D eigenvalue weighted by molar-refractivity contribution is -0.134. The van der Waals surface area contributed by atoms with Crippen molar-refractivity contribution in [3.8, 4) is 0 Å². The third-order valence-corrected chi connectivity index (χ3v) is 3.42. The van der Waals surface area contributed by atoms with Crippen LogP contribution < -0.4 is 0 Å². The normalized spacial score (nSPS) is 24.4. The van der Waals surface area contributed by atoms with Crippen molar-refractivity contribution in [3.63, 3.8) is 0 Å². The number of halogens is 1. The maximum Gasteiger partial charge on any atom is 0.327 e. The van der Waals surface area contributed by atoms with E-state index in [1.165, 1.54) is 9.80 Å². The van der Waals surface area contributed by atoms with E-state index >= 15 is 0 Å². The zero-order chi connectivity index (χ0) is 12.6. The van der Waals surface area contributed by atoms with Gasteiger partial charge in [0.2, 0.25) is 5.91 Å². The van der Waals surface area contributed by atoms with Gasteiger partial charge in [0.15, 0.2) is 0 Å². The first-order chi connectivity index (χ1) is 8.10. The molecule has 2 saturated heterocycles. The lowest BCUT2D eigenvalue weighted by Crippen LogP contribution is -2.54. The topological polar surface area (TPSA) is 60.9 Å². The third-order valence-electron chi connectivity index (χ3n) is 3.19. The van der Waals surface area contributed by atoms with E-state index in [1.54, 1.807) is 11.8 Å². The van der Waals surface area contributed by atoms with Gasteiger partial charge in [-0.25, -0.2) is 4.79 Å². The van der Waals surface area contributed by atoms with Crippen LogP contribution in [0.15, 0.2) is 0 Å². The Bertz CT molecular complexity index is 374. The molecule has 0 radical (unpaired) electrons. The van der Waals surface area contributed by atoms with Gasteiger partial charge in [-0.3, -0.25) is 14.5 Å². The summed E-state index contributed by atoms with van der Waals surface area (Å²) in [6, 6.07) is -0.774. The molecule has 0 aliphatic carbocycles. The Morgan fingerprint density at radius 2 is 2.12 bits per heavy atom. The smallest absolute Gasteiger partial charge is 0.327 e. The van der Waals surface area contributed by atoms with Crippen LogP contribution in [-0.2, 0) is 9.59 Å². The lowest BCUT2D eigenvalue weighted by Gasteiger charge is -2.34. The Balaban J connectivity index is 2.14. The van der Waals surface area contributed by atoms with Crippen LogP contribution in [0.25, 0.3) is 0 Å². The van der Waals surface area contributed by atoms with E-state index in [9.17, 15) is 14.4 Å². The average Bonchev–Trinajstić information content (AvgIpc) is 2.60. The summed E-state index contributed by atoms with van der Waals surface area (Å²) in [5.74, 6) is -0.502. The van der Waals surface area contributed by atoms with E-state index in [0.29, 0.717) is 19.6 Å². The number of fused-ring (bicyclic) bond motifs is 1. The monoisotopic (exact) mass is 259 g/mol. The molecule has 7 heteroatoms. The standard InChI is InChI=1S/C10H14ClN3O3/c1-2-13-9(16)7-6-12(8(15)5-11)3-4-14(7)10(13)17/h7H,2-6H2,1H3. The summed E-state index contributed by atoms with van der Waals surface area (Å²) in [6.45, 7) is 3.23. The number of amides is 4. The lowest BCUT2D eigenvalue weighted by atomic mass is 10.2. The van der Waals surface area contributed by atoms with Crippen molar-refractivity contribution in [2.24, 2.45) is 0 Å². The van der Waals surface area contributed by atoms with Gasteiger partial charge in [0.05, 0.1) is 6.54 Å². The molecule has 2 fully saturated rings. The second kappa shape index (κ2) is 4.52. The molecule has 1 atom stereocenters. The number of carbonyl (C=O) groups is 3. The minimum Gasteiger partial charge on any atom is -0.337 e. The molecular formula is C10H14ClN3O3. The first-order valence-corrected chi connectivity index (χ1v) is 6.09. The second-order valence-corrected chi connectivity index (χ2v) is 4.31. The van der Waals surface area contributed by atoms with Gasteiger partial charge in [-0.2, -0.15) is 0 Å². The molecule has 0 bridgehead atoms. The number of likely N-dealkylation sites (N-methyl/N-ethyl adjacent to an activating group) is 1. The molecule has 2 heterocycles. The number of hydrogen-bond donors (Lipinski definition) is 0. The summed E-state index contributed by atoms with van der Waals surface area (Å²) in [4.78, 5) is 39.5. The molecule has 0 aromatic rings. The van der Waals surface area contributed by atoms with E-state index in [1.807, 2.05) is 0 Å². The van der Waals surface area contributed by atoms with Gasteiger partial charge in [-0.15, -0.1) is 11.6 Å². The fraction of sp³-hybridized carbons (Fsp3) is 0.700. The Hall–Kier alpha value is -1.30. The van der Waals surface area contributed by atoms with Gasteiger partial charge in [-0.05, 0) is 6.92 Å². The molecule has 2 aliphatic rings. The summed E-state index contributed by atoms with van der Waals surface area (Å²) in [7, 11) is 0. The highest BCUT2D eigenvalue weighted by atomic mass is 35.5. The van der Waals surface area contributed by atoms with Gasteiger partial charge >= 0.3 is 6.03 Å². The number of alkyl halides is 1. The number of urea groups is 1. The fourth-order valence-corrected chi connectivity index (χ4v) is 2.42. The zero-order valence-electron chi connectivity index (χ0n) is 9.56.